The molecule has 0 N–H and O–H groups in total. The number of anilines is 1. The maximum absolute atomic E-state index is 15.2. The number of rotatable bonds is 10. The molecule has 0 spiro atoms. The SMILES string of the molecule is Cc1cc(/C(F)=C/c2ccc(CN(C(C)C)C(C)C)cc2)nn1Cc1ccnc(N2CCN(C3CC3)CC2)c1. The fourth-order valence-corrected chi connectivity index (χ4v) is 5.56. The molecule has 5 rings (SSSR count). The van der Waals surface area contributed by atoms with Gasteiger partial charge < -0.3 is 4.90 Å². The first-order chi connectivity index (χ1) is 18.8. The molecule has 0 unspecified atom stereocenters. The highest BCUT2D eigenvalue weighted by atomic mass is 19.1. The lowest BCUT2D eigenvalue weighted by Crippen LogP contribution is -2.47. The molecule has 39 heavy (non-hydrogen) atoms. The molecule has 1 aliphatic heterocycles. The summed E-state index contributed by atoms with van der Waals surface area (Å²) in [5.41, 5.74) is 4.50. The van der Waals surface area contributed by atoms with E-state index < -0.39 is 0 Å². The summed E-state index contributed by atoms with van der Waals surface area (Å²) in [4.78, 5) is 12.1. The van der Waals surface area contributed by atoms with Gasteiger partial charge in [0.05, 0.1) is 6.54 Å². The first kappa shape index (κ1) is 27.5. The molecule has 1 saturated heterocycles. The summed E-state index contributed by atoms with van der Waals surface area (Å²) >= 11 is 0. The van der Waals surface area contributed by atoms with Crippen molar-refractivity contribution in [3.05, 3.63) is 76.7 Å². The van der Waals surface area contributed by atoms with Gasteiger partial charge in [-0.05, 0) is 88.4 Å². The third-order valence-corrected chi connectivity index (χ3v) is 8.03. The molecule has 0 atom stereocenters. The van der Waals surface area contributed by atoms with E-state index in [2.05, 4.69) is 70.7 Å². The first-order valence-electron chi connectivity index (χ1n) is 14.5. The van der Waals surface area contributed by atoms with Crippen LogP contribution in [-0.4, -0.2) is 68.9 Å². The van der Waals surface area contributed by atoms with Crippen LogP contribution in [0.4, 0.5) is 10.2 Å². The third kappa shape index (κ3) is 6.95. The first-order valence-corrected chi connectivity index (χ1v) is 14.5. The predicted molar refractivity (Wildman–Crippen MR) is 158 cm³/mol. The molecule has 6 nitrogen and oxygen atoms in total. The predicted octanol–water partition coefficient (Wildman–Crippen LogP) is 6.01. The van der Waals surface area contributed by atoms with Gasteiger partial charge in [-0.3, -0.25) is 14.5 Å². The molecule has 1 aliphatic carbocycles. The number of halogens is 1. The number of nitrogens with zero attached hydrogens (tertiary/aromatic N) is 6. The standard InChI is InChI=1S/C32H43FN6/c1-23(2)38(24(3)4)21-27-8-6-26(7-9-27)19-30(33)31-18-25(5)39(35-31)22-28-12-13-34-32(20-28)37-16-14-36(15-17-37)29-10-11-29/h6-9,12-13,18-20,23-24,29H,10-11,14-17,21-22H2,1-5H3/b30-19-. The van der Waals surface area contributed by atoms with Crippen molar-refractivity contribution in [3.8, 4) is 0 Å². The number of aryl methyl sites for hydroxylation is 1. The van der Waals surface area contributed by atoms with Gasteiger partial charge in [0.15, 0.2) is 5.83 Å². The number of hydrogen-bond acceptors (Lipinski definition) is 5. The van der Waals surface area contributed by atoms with Crippen LogP contribution in [0.1, 0.15) is 68.6 Å². The van der Waals surface area contributed by atoms with Gasteiger partial charge in [0, 0.05) is 62.7 Å². The Morgan fingerprint density at radius 1 is 0.974 bits per heavy atom. The van der Waals surface area contributed by atoms with E-state index in [1.54, 1.807) is 6.08 Å². The Bertz CT molecular complexity index is 1260. The van der Waals surface area contributed by atoms with Crippen molar-refractivity contribution >= 4 is 17.7 Å². The van der Waals surface area contributed by atoms with Gasteiger partial charge in [-0.1, -0.05) is 24.3 Å². The van der Waals surface area contributed by atoms with Crippen molar-refractivity contribution in [2.75, 3.05) is 31.1 Å². The van der Waals surface area contributed by atoms with Crippen molar-refractivity contribution < 1.29 is 4.39 Å². The van der Waals surface area contributed by atoms with Gasteiger partial charge in [0.2, 0.25) is 0 Å². The van der Waals surface area contributed by atoms with Crippen molar-refractivity contribution in [1.29, 1.82) is 0 Å². The molecular weight excluding hydrogens is 487 g/mol. The largest absolute Gasteiger partial charge is 0.354 e. The zero-order valence-electron chi connectivity index (χ0n) is 24.1. The fourth-order valence-electron chi connectivity index (χ4n) is 5.56. The number of aromatic nitrogens is 3. The van der Waals surface area contributed by atoms with Crippen molar-refractivity contribution in [2.45, 2.75) is 78.7 Å². The van der Waals surface area contributed by atoms with Crippen molar-refractivity contribution in [1.82, 2.24) is 24.6 Å². The van der Waals surface area contributed by atoms with Crippen LogP contribution in [0.15, 0.2) is 48.7 Å². The Morgan fingerprint density at radius 2 is 1.67 bits per heavy atom. The highest BCUT2D eigenvalue weighted by molar-refractivity contribution is 5.75. The highest BCUT2D eigenvalue weighted by Crippen LogP contribution is 2.28. The summed E-state index contributed by atoms with van der Waals surface area (Å²) in [6.07, 6.45) is 6.17. The normalized spacial score (nSPS) is 17.2. The summed E-state index contributed by atoms with van der Waals surface area (Å²) < 4.78 is 17.1. The Morgan fingerprint density at radius 3 is 2.31 bits per heavy atom. The zero-order valence-corrected chi connectivity index (χ0v) is 24.1. The van der Waals surface area contributed by atoms with Crippen LogP contribution in [0.5, 0.6) is 0 Å². The van der Waals surface area contributed by atoms with Crippen LogP contribution >= 0.6 is 0 Å². The molecule has 0 bridgehead atoms. The fraction of sp³-hybridized carbons (Fsp3) is 0.500. The lowest BCUT2D eigenvalue weighted by Gasteiger charge is -2.35. The van der Waals surface area contributed by atoms with Gasteiger partial charge >= 0.3 is 0 Å². The molecule has 1 aromatic carbocycles. The summed E-state index contributed by atoms with van der Waals surface area (Å²) in [6, 6.07) is 15.9. The average Bonchev–Trinajstić information content (AvgIpc) is 3.71. The van der Waals surface area contributed by atoms with Crippen LogP contribution in [0, 0.1) is 6.92 Å². The second-order valence-corrected chi connectivity index (χ2v) is 11.7. The minimum atomic E-state index is -0.320. The Hall–Kier alpha value is -3.03. The number of pyridine rings is 1. The lowest BCUT2D eigenvalue weighted by molar-refractivity contribution is 0.166. The van der Waals surface area contributed by atoms with Gasteiger partial charge in [-0.15, -0.1) is 0 Å². The number of piperazine rings is 1. The van der Waals surface area contributed by atoms with Crippen LogP contribution < -0.4 is 4.90 Å². The van der Waals surface area contributed by atoms with E-state index in [0.29, 0.717) is 24.3 Å². The molecule has 0 radical (unpaired) electrons. The molecule has 1 saturated carbocycles. The smallest absolute Gasteiger partial charge is 0.151 e. The molecule has 3 aromatic rings. The maximum Gasteiger partial charge on any atom is 0.151 e. The minimum absolute atomic E-state index is 0.320. The van der Waals surface area contributed by atoms with E-state index in [9.17, 15) is 0 Å². The molecule has 0 amide bonds. The molecular formula is C32H43FN6. The van der Waals surface area contributed by atoms with E-state index in [0.717, 1.165) is 61.4 Å². The second-order valence-electron chi connectivity index (χ2n) is 11.7. The second kappa shape index (κ2) is 12.0. The molecule has 7 heteroatoms. The third-order valence-electron chi connectivity index (χ3n) is 8.03. The van der Waals surface area contributed by atoms with Crippen LogP contribution in [0.3, 0.4) is 0 Å². The Labute approximate surface area is 233 Å². The van der Waals surface area contributed by atoms with E-state index in [-0.39, 0.29) is 5.83 Å². The van der Waals surface area contributed by atoms with Crippen LogP contribution in [0.2, 0.25) is 0 Å². The van der Waals surface area contributed by atoms with Crippen molar-refractivity contribution in [2.24, 2.45) is 0 Å². The van der Waals surface area contributed by atoms with Crippen molar-refractivity contribution in [3.63, 3.8) is 0 Å². The number of hydrogen-bond donors (Lipinski definition) is 0. The highest BCUT2D eigenvalue weighted by Gasteiger charge is 2.31. The van der Waals surface area contributed by atoms with E-state index >= 15 is 4.39 Å². The maximum atomic E-state index is 15.2. The topological polar surface area (TPSA) is 40.4 Å². The molecule has 2 aromatic heterocycles. The van der Waals surface area contributed by atoms with Crippen LogP contribution in [0.25, 0.3) is 11.9 Å². The van der Waals surface area contributed by atoms with Gasteiger partial charge in [-0.2, -0.15) is 5.10 Å². The lowest BCUT2D eigenvalue weighted by atomic mass is 10.1. The number of benzene rings is 1. The Balaban J connectivity index is 1.22. The monoisotopic (exact) mass is 530 g/mol. The van der Waals surface area contributed by atoms with Gasteiger partial charge in [0.25, 0.3) is 0 Å². The molecule has 2 fully saturated rings. The Kier molecular flexibility index (Phi) is 8.48. The minimum Gasteiger partial charge on any atom is -0.354 e. The van der Waals surface area contributed by atoms with E-state index in [4.69, 9.17) is 0 Å². The quantitative estimate of drug-likeness (QED) is 0.321. The van der Waals surface area contributed by atoms with E-state index in [1.165, 1.54) is 18.4 Å². The summed E-state index contributed by atoms with van der Waals surface area (Å²) in [5.74, 6) is 0.701. The zero-order chi connectivity index (χ0) is 27.5. The van der Waals surface area contributed by atoms with E-state index in [1.807, 2.05) is 42.1 Å². The average molecular weight is 531 g/mol. The summed E-state index contributed by atoms with van der Waals surface area (Å²) in [5, 5.41) is 4.60. The summed E-state index contributed by atoms with van der Waals surface area (Å²) in [6.45, 7) is 16.6. The molecule has 2 aliphatic rings. The molecule has 208 valence electrons. The van der Waals surface area contributed by atoms with Crippen LogP contribution in [-0.2, 0) is 13.1 Å². The van der Waals surface area contributed by atoms with Gasteiger partial charge in [-0.25, -0.2) is 9.37 Å². The van der Waals surface area contributed by atoms with Gasteiger partial charge in [0.1, 0.15) is 11.5 Å². The molecule has 3 heterocycles. The summed E-state index contributed by atoms with van der Waals surface area (Å²) in [7, 11) is 0.